The van der Waals surface area contributed by atoms with Gasteiger partial charge in [0.2, 0.25) is 0 Å². The lowest BCUT2D eigenvalue weighted by Gasteiger charge is -2.32. The average Bonchev–Trinajstić information content (AvgIpc) is 2.50. The molecule has 0 bridgehead atoms. The van der Waals surface area contributed by atoms with Crippen molar-refractivity contribution in [2.24, 2.45) is 11.8 Å². The number of nitrogens with two attached hydrogens (primary N) is 1. The van der Waals surface area contributed by atoms with Gasteiger partial charge in [-0.1, -0.05) is 24.3 Å². The molecule has 1 aromatic carbocycles. The van der Waals surface area contributed by atoms with Gasteiger partial charge in [0.05, 0.1) is 6.04 Å². The minimum atomic E-state index is 0.178. The van der Waals surface area contributed by atoms with Crippen LogP contribution in [0.5, 0.6) is 0 Å². The molecule has 0 saturated carbocycles. The third kappa shape index (κ3) is 2.47. The molecule has 2 aromatic rings. The van der Waals surface area contributed by atoms with Crippen LogP contribution in [0.2, 0.25) is 0 Å². The zero-order valence-electron chi connectivity index (χ0n) is 11.8. The maximum atomic E-state index is 5.85. The molecule has 0 amide bonds. The molecular formula is C17H21N3. The molecule has 1 heterocycles. The molecule has 2 atom stereocenters. The minimum Gasteiger partial charge on any atom is -0.271 e. The first-order valence-electron chi connectivity index (χ1n) is 7.23. The van der Waals surface area contributed by atoms with E-state index < -0.39 is 0 Å². The third-order valence-corrected chi connectivity index (χ3v) is 4.45. The number of fused-ring (bicyclic) bond motifs is 1. The standard InChI is InChI=1S/C17H21N3/c1-12-8-9-19-11-16(12)17(20-18)15-7-6-13-4-2-3-5-14(13)10-15/h2-5,8-9,11,15,17,20H,6-7,10,18H2,1H3. The predicted octanol–water partition coefficient (Wildman–Crippen LogP) is 2.70. The average molecular weight is 267 g/mol. The molecule has 0 fully saturated rings. The van der Waals surface area contributed by atoms with Crippen LogP contribution >= 0.6 is 0 Å². The van der Waals surface area contributed by atoms with Crippen LogP contribution in [0.4, 0.5) is 0 Å². The zero-order valence-corrected chi connectivity index (χ0v) is 11.8. The number of hydrogen-bond acceptors (Lipinski definition) is 3. The maximum absolute atomic E-state index is 5.85. The Balaban J connectivity index is 1.87. The fourth-order valence-corrected chi connectivity index (χ4v) is 3.29. The molecule has 3 nitrogen and oxygen atoms in total. The van der Waals surface area contributed by atoms with E-state index >= 15 is 0 Å². The van der Waals surface area contributed by atoms with Gasteiger partial charge >= 0.3 is 0 Å². The fraction of sp³-hybridized carbons (Fsp3) is 0.353. The fourth-order valence-electron chi connectivity index (χ4n) is 3.29. The summed E-state index contributed by atoms with van der Waals surface area (Å²) in [7, 11) is 0. The summed E-state index contributed by atoms with van der Waals surface area (Å²) < 4.78 is 0. The van der Waals surface area contributed by atoms with Gasteiger partial charge in [-0.2, -0.15) is 0 Å². The summed E-state index contributed by atoms with van der Waals surface area (Å²) in [6, 6.07) is 11.0. The summed E-state index contributed by atoms with van der Waals surface area (Å²) in [6.07, 6.45) is 7.17. The minimum absolute atomic E-state index is 0.178. The highest BCUT2D eigenvalue weighted by molar-refractivity contribution is 5.32. The number of rotatable bonds is 3. The maximum Gasteiger partial charge on any atom is 0.0509 e. The van der Waals surface area contributed by atoms with E-state index in [9.17, 15) is 0 Å². The van der Waals surface area contributed by atoms with Crippen LogP contribution in [0.3, 0.4) is 0 Å². The van der Waals surface area contributed by atoms with Gasteiger partial charge in [0, 0.05) is 12.4 Å². The molecule has 0 spiro atoms. The second-order valence-electron chi connectivity index (χ2n) is 5.65. The van der Waals surface area contributed by atoms with Gasteiger partial charge in [0.1, 0.15) is 0 Å². The van der Waals surface area contributed by atoms with E-state index in [1.165, 1.54) is 28.7 Å². The smallest absolute Gasteiger partial charge is 0.0509 e. The highest BCUT2D eigenvalue weighted by Crippen LogP contribution is 2.34. The number of hydrogen-bond donors (Lipinski definition) is 2. The molecule has 1 aliphatic carbocycles. The van der Waals surface area contributed by atoms with Crippen molar-refractivity contribution in [1.82, 2.24) is 10.4 Å². The molecule has 0 radical (unpaired) electrons. The van der Waals surface area contributed by atoms with Crippen LogP contribution in [0.25, 0.3) is 0 Å². The molecule has 0 saturated heterocycles. The van der Waals surface area contributed by atoms with Crippen molar-refractivity contribution in [1.29, 1.82) is 0 Å². The highest BCUT2D eigenvalue weighted by atomic mass is 15.2. The Labute approximate surface area is 120 Å². The van der Waals surface area contributed by atoms with Gasteiger partial charge < -0.3 is 0 Å². The Morgan fingerprint density at radius 2 is 2.05 bits per heavy atom. The van der Waals surface area contributed by atoms with Crippen molar-refractivity contribution in [3.05, 3.63) is 65.0 Å². The number of hydrazine groups is 1. The Hall–Kier alpha value is -1.71. The van der Waals surface area contributed by atoms with Gasteiger partial charge in [-0.3, -0.25) is 16.3 Å². The second-order valence-corrected chi connectivity index (χ2v) is 5.65. The number of nitrogens with one attached hydrogen (secondary N) is 1. The van der Waals surface area contributed by atoms with E-state index in [-0.39, 0.29) is 6.04 Å². The molecule has 0 aliphatic heterocycles. The van der Waals surface area contributed by atoms with Crippen LogP contribution in [0.1, 0.15) is 34.7 Å². The molecule has 3 rings (SSSR count). The van der Waals surface area contributed by atoms with Gasteiger partial charge in [-0.25, -0.2) is 0 Å². The van der Waals surface area contributed by atoms with Crippen molar-refractivity contribution in [2.75, 3.05) is 0 Å². The summed E-state index contributed by atoms with van der Waals surface area (Å²) in [5, 5.41) is 0. The lowest BCUT2D eigenvalue weighted by atomic mass is 9.78. The first-order chi connectivity index (χ1) is 9.79. The van der Waals surface area contributed by atoms with Crippen molar-refractivity contribution in [3.63, 3.8) is 0 Å². The largest absolute Gasteiger partial charge is 0.271 e. The van der Waals surface area contributed by atoms with Gasteiger partial charge in [-0.15, -0.1) is 0 Å². The summed E-state index contributed by atoms with van der Waals surface area (Å²) in [5.41, 5.74) is 8.44. The summed E-state index contributed by atoms with van der Waals surface area (Å²) in [5.74, 6) is 6.37. The molecule has 1 aliphatic rings. The van der Waals surface area contributed by atoms with E-state index in [1.807, 2.05) is 12.4 Å². The molecular weight excluding hydrogens is 246 g/mol. The molecule has 2 unspecified atom stereocenters. The topological polar surface area (TPSA) is 50.9 Å². The SMILES string of the molecule is Cc1ccncc1C(NN)C1CCc2ccccc2C1. The highest BCUT2D eigenvalue weighted by Gasteiger charge is 2.27. The Kier molecular flexibility index (Phi) is 3.81. The lowest BCUT2D eigenvalue weighted by molar-refractivity contribution is 0.328. The van der Waals surface area contributed by atoms with Crippen molar-refractivity contribution < 1.29 is 0 Å². The van der Waals surface area contributed by atoms with E-state index in [0.717, 1.165) is 12.8 Å². The number of aryl methyl sites for hydroxylation is 2. The monoisotopic (exact) mass is 267 g/mol. The molecule has 1 aromatic heterocycles. The number of benzene rings is 1. The van der Waals surface area contributed by atoms with Crippen molar-refractivity contribution in [2.45, 2.75) is 32.2 Å². The van der Waals surface area contributed by atoms with Crippen LogP contribution in [0.15, 0.2) is 42.7 Å². The van der Waals surface area contributed by atoms with Crippen LogP contribution in [0, 0.1) is 12.8 Å². The number of nitrogens with zero attached hydrogens (tertiary/aromatic N) is 1. The van der Waals surface area contributed by atoms with Crippen molar-refractivity contribution >= 4 is 0 Å². The molecule has 20 heavy (non-hydrogen) atoms. The van der Waals surface area contributed by atoms with Gasteiger partial charge in [-0.05, 0) is 60.4 Å². The first-order valence-corrected chi connectivity index (χ1v) is 7.23. The van der Waals surface area contributed by atoms with E-state index in [4.69, 9.17) is 5.84 Å². The number of aromatic nitrogens is 1. The predicted molar refractivity (Wildman–Crippen MR) is 81.0 cm³/mol. The van der Waals surface area contributed by atoms with Crippen molar-refractivity contribution in [3.8, 4) is 0 Å². The molecule has 3 heteroatoms. The van der Waals surface area contributed by atoms with E-state index in [0.29, 0.717) is 5.92 Å². The van der Waals surface area contributed by atoms with Crippen LogP contribution in [-0.2, 0) is 12.8 Å². The van der Waals surface area contributed by atoms with Gasteiger partial charge in [0.25, 0.3) is 0 Å². The third-order valence-electron chi connectivity index (χ3n) is 4.45. The lowest BCUT2D eigenvalue weighted by Crippen LogP contribution is -2.36. The van der Waals surface area contributed by atoms with E-state index in [1.54, 1.807) is 0 Å². The Bertz CT molecular complexity index is 594. The number of pyridine rings is 1. The Morgan fingerprint density at radius 3 is 2.80 bits per heavy atom. The second kappa shape index (κ2) is 5.73. The normalized spacial score (nSPS) is 19.4. The quantitative estimate of drug-likeness (QED) is 0.664. The zero-order chi connectivity index (χ0) is 13.9. The summed E-state index contributed by atoms with van der Waals surface area (Å²) >= 11 is 0. The summed E-state index contributed by atoms with van der Waals surface area (Å²) in [6.45, 7) is 2.12. The summed E-state index contributed by atoms with van der Waals surface area (Å²) in [4.78, 5) is 4.26. The van der Waals surface area contributed by atoms with Gasteiger partial charge in [0.15, 0.2) is 0 Å². The Morgan fingerprint density at radius 1 is 1.25 bits per heavy atom. The molecule has 104 valence electrons. The van der Waals surface area contributed by atoms with Crippen LogP contribution < -0.4 is 11.3 Å². The molecule has 3 N–H and O–H groups in total. The van der Waals surface area contributed by atoms with E-state index in [2.05, 4.69) is 47.7 Å². The van der Waals surface area contributed by atoms with Crippen LogP contribution in [-0.4, -0.2) is 4.98 Å². The first kappa shape index (κ1) is 13.3.